The van der Waals surface area contributed by atoms with Gasteiger partial charge in [0.2, 0.25) is 15.9 Å². The van der Waals surface area contributed by atoms with Gasteiger partial charge in [0.05, 0.1) is 17.5 Å². The SMILES string of the molecule is C[C@@H](NC(=O)CN1CCN(S(=O)(=O)c2ccc3c(c2)OCCO3)CC1)c1cc2ccccc2o1. The molecule has 1 N–H and O–H groups in total. The van der Waals surface area contributed by atoms with Crippen molar-refractivity contribution in [3.63, 3.8) is 0 Å². The fourth-order valence-corrected chi connectivity index (χ4v) is 5.68. The third-order valence-corrected chi connectivity index (χ3v) is 7.99. The molecule has 3 aromatic rings. The van der Waals surface area contributed by atoms with E-state index in [4.69, 9.17) is 13.9 Å². The number of carbonyl (C=O) groups excluding carboxylic acids is 1. The maximum absolute atomic E-state index is 13.1. The number of furan rings is 1. The van der Waals surface area contributed by atoms with Crippen LogP contribution in [-0.4, -0.2) is 69.5 Å². The Morgan fingerprint density at radius 1 is 1.00 bits per heavy atom. The van der Waals surface area contributed by atoms with E-state index in [0.29, 0.717) is 56.7 Å². The molecule has 34 heavy (non-hydrogen) atoms. The molecule has 1 fully saturated rings. The highest BCUT2D eigenvalue weighted by Crippen LogP contribution is 2.33. The lowest BCUT2D eigenvalue weighted by molar-refractivity contribution is -0.123. The van der Waals surface area contributed by atoms with Gasteiger partial charge in [-0.1, -0.05) is 18.2 Å². The molecule has 10 heteroatoms. The number of hydrogen-bond donors (Lipinski definition) is 1. The summed E-state index contributed by atoms with van der Waals surface area (Å²) >= 11 is 0. The van der Waals surface area contributed by atoms with Crippen molar-refractivity contribution < 1.29 is 27.1 Å². The molecule has 180 valence electrons. The smallest absolute Gasteiger partial charge is 0.243 e. The number of nitrogens with one attached hydrogen (secondary N) is 1. The Kier molecular flexibility index (Phi) is 6.20. The lowest BCUT2D eigenvalue weighted by Gasteiger charge is -2.33. The first-order valence-corrected chi connectivity index (χ1v) is 12.7. The van der Waals surface area contributed by atoms with Gasteiger partial charge in [0.25, 0.3) is 0 Å². The van der Waals surface area contributed by atoms with Crippen LogP contribution in [0.3, 0.4) is 0 Å². The van der Waals surface area contributed by atoms with E-state index in [1.807, 2.05) is 42.2 Å². The number of hydrogen-bond acceptors (Lipinski definition) is 7. The molecule has 2 aliphatic heterocycles. The van der Waals surface area contributed by atoms with Crippen LogP contribution in [-0.2, 0) is 14.8 Å². The van der Waals surface area contributed by atoms with Crippen LogP contribution in [0.1, 0.15) is 18.7 Å². The summed E-state index contributed by atoms with van der Waals surface area (Å²) in [4.78, 5) is 14.7. The van der Waals surface area contributed by atoms with E-state index >= 15 is 0 Å². The second-order valence-electron chi connectivity index (χ2n) is 8.46. The predicted octanol–water partition coefficient (Wildman–Crippen LogP) is 2.39. The third kappa shape index (κ3) is 4.61. The van der Waals surface area contributed by atoms with Crippen LogP contribution in [0.4, 0.5) is 0 Å². The molecule has 0 spiro atoms. The van der Waals surface area contributed by atoms with Crippen molar-refractivity contribution >= 4 is 26.9 Å². The number of fused-ring (bicyclic) bond motifs is 2. The van der Waals surface area contributed by atoms with Crippen LogP contribution < -0.4 is 14.8 Å². The molecule has 0 radical (unpaired) electrons. The molecule has 9 nitrogen and oxygen atoms in total. The van der Waals surface area contributed by atoms with Crippen molar-refractivity contribution in [1.82, 2.24) is 14.5 Å². The molecule has 1 saturated heterocycles. The summed E-state index contributed by atoms with van der Waals surface area (Å²) in [5.41, 5.74) is 0.786. The summed E-state index contributed by atoms with van der Waals surface area (Å²) in [5.74, 6) is 1.57. The van der Waals surface area contributed by atoms with Crippen LogP contribution in [0, 0.1) is 0 Å². The number of benzene rings is 2. The maximum Gasteiger partial charge on any atom is 0.243 e. The molecule has 0 unspecified atom stereocenters. The molecular formula is C24H27N3O6S. The second kappa shape index (κ2) is 9.28. The summed E-state index contributed by atoms with van der Waals surface area (Å²) in [6.07, 6.45) is 0. The minimum absolute atomic E-state index is 0.129. The summed E-state index contributed by atoms with van der Waals surface area (Å²) in [5, 5.41) is 3.96. The molecule has 0 bridgehead atoms. The number of ether oxygens (including phenoxy) is 2. The number of nitrogens with zero attached hydrogens (tertiary/aromatic N) is 2. The van der Waals surface area contributed by atoms with E-state index in [9.17, 15) is 13.2 Å². The van der Waals surface area contributed by atoms with E-state index in [1.54, 1.807) is 12.1 Å². The van der Waals surface area contributed by atoms with Gasteiger partial charge in [-0.05, 0) is 31.2 Å². The number of amides is 1. The van der Waals surface area contributed by atoms with Crippen molar-refractivity contribution in [3.8, 4) is 11.5 Å². The summed E-state index contributed by atoms with van der Waals surface area (Å²) in [6, 6.07) is 14.1. The zero-order valence-electron chi connectivity index (χ0n) is 18.9. The molecule has 3 heterocycles. The summed E-state index contributed by atoms with van der Waals surface area (Å²) in [7, 11) is -3.66. The van der Waals surface area contributed by atoms with E-state index in [1.165, 1.54) is 10.4 Å². The summed E-state index contributed by atoms with van der Waals surface area (Å²) in [6.45, 7) is 4.48. The van der Waals surface area contributed by atoms with Gasteiger partial charge in [-0.15, -0.1) is 0 Å². The van der Waals surface area contributed by atoms with E-state index in [2.05, 4.69) is 5.32 Å². The van der Waals surface area contributed by atoms with Gasteiger partial charge >= 0.3 is 0 Å². The number of sulfonamides is 1. The van der Waals surface area contributed by atoms with Crippen molar-refractivity contribution in [2.75, 3.05) is 45.9 Å². The van der Waals surface area contributed by atoms with Gasteiger partial charge in [0.15, 0.2) is 11.5 Å². The average Bonchev–Trinajstić information content (AvgIpc) is 3.29. The Morgan fingerprint density at radius 2 is 1.74 bits per heavy atom. The van der Waals surface area contributed by atoms with Crippen LogP contribution >= 0.6 is 0 Å². The lowest BCUT2D eigenvalue weighted by atomic mass is 10.2. The highest BCUT2D eigenvalue weighted by atomic mass is 32.2. The number of piperazine rings is 1. The van der Waals surface area contributed by atoms with Crippen molar-refractivity contribution in [2.24, 2.45) is 0 Å². The van der Waals surface area contributed by atoms with Gasteiger partial charge in [-0.3, -0.25) is 9.69 Å². The van der Waals surface area contributed by atoms with Crippen molar-refractivity contribution in [1.29, 1.82) is 0 Å². The Bertz CT molecular complexity index is 1260. The van der Waals surface area contributed by atoms with Gasteiger partial charge in [0.1, 0.15) is 24.6 Å². The number of para-hydroxylation sites is 1. The van der Waals surface area contributed by atoms with Crippen molar-refractivity contribution in [2.45, 2.75) is 17.9 Å². The normalized spacial score (nSPS) is 18.0. The molecule has 2 aromatic carbocycles. The molecule has 1 aromatic heterocycles. The molecular weight excluding hydrogens is 458 g/mol. The van der Waals surface area contributed by atoms with E-state index in [0.717, 1.165) is 11.0 Å². The minimum Gasteiger partial charge on any atom is -0.486 e. The molecule has 1 amide bonds. The van der Waals surface area contributed by atoms with Gasteiger partial charge in [-0.2, -0.15) is 4.31 Å². The molecule has 5 rings (SSSR count). The topological polar surface area (TPSA) is 101 Å². The van der Waals surface area contributed by atoms with Crippen LogP contribution in [0.15, 0.2) is 57.8 Å². The molecule has 1 atom stereocenters. The first kappa shape index (κ1) is 22.7. The van der Waals surface area contributed by atoms with Crippen LogP contribution in [0.2, 0.25) is 0 Å². The maximum atomic E-state index is 13.1. The van der Waals surface area contributed by atoms with Gasteiger partial charge in [0, 0.05) is 37.6 Å². The monoisotopic (exact) mass is 485 g/mol. The molecule has 0 aliphatic carbocycles. The minimum atomic E-state index is -3.66. The lowest BCUT2D eigenvalue weighted by Crippen LogP contribution is -2.51. The largest absolute Gasteiger partial charge is 0.486 e. The Balaban J connectivity index is 1.15. The fourth-order valence-electron chi connectivity index (χ4n) is 4.24. The Labute approximate surface area is 198 Å². The van der Waals surface area contributed by atoms with Gasteiger partial charge in [-0.25, -0.2) is 8.42 Å². The van der Waals surface area contributed by atoms with E-state index in [-0.39, 0.29) is 23.4 Å². The zero-order chi connectivity index (χ0) is 23.7. The first-order chi connectivity index (χ1) is 16.4. The average molecular weight is 486 g/mol. The molecule has 0 saturated carbocycles. The number of carbonyl (C=O) groups is 1. The standard InChI is InChI=1S/C24H27N3O6S/c1-17(22-14-18-4-2-3-5-20(18)33-22)25-24(28)16-26-8-10-27(11-9-26)34(29,30)19-6-7-21-23(15-19)32-13-12-31-21/h2-7,14-15,17H,8-13,16H2,1H3,(H,25,28)/t17-/m1/s1. The Hall–Kier alpha value is -3.08. The van der Waals surface area contributed by atoms with Crippen LogP contribution in [0.5, 0.6) is 11.5 Å². The summed E-state index contributed by atoms with van der Waals surface area (Å²) < 4.78 is 44.5. The van der Waals surface area contributed by atoms with E-state index < -0.39 is 10.0 Å². The highest BCUT2D eigenvalue weighted by molar-refractivity contribution is 7.89. The predicted molar refractivity (Wildman–Crippen MR) is 125 cm³/mol. The molecule has 2 aliphatic rings. The zero-order valence-corrected chi connectivity index (χ0v) is 19.7. The quantitative estimate of drug-likeness (QED) is 0.572. The third-order valence-electron chi connectivity index (χ3n) is 6.10. The van der Waals surface area contributed by atoms with Crippen LogP contribution in [0.25, 0.3) is 11.0 Å². The Morgan fingerprint density at radius 3 is 2.50 bits per heavy atom. The second-order valence-corrected chi connectivity index (χ2v) is 10.4. The number of rotatable bonds is 6. The van der Waals surface area contributed by atoms with Gasteiger partial charge < -0.3 is 19.2 Å². The first-order valence-electron chi connectivity index (χ1n) is 11.3. The highest BCUT2D eigenvalue weighted by Gasteiger charge is 2.30. The fraction of sp³-hybridized carbons (Fsp3) is 0.375. The van der Waals surface area contributed by atoms with Crippen molar-refractivity contribution in [3.05, 3.63) is 54.3 Å².